The Bertz CT molecular complexity index is 889. The summed E-state index contributed by atoms with van der Waals surface area (Å²) in [6, 6.07) is 14.9. The third kappa shape index (κ3) is 6.13. The summed E-state index contributed by atoms with van der Waals surface area (Å²) in [5.41, 5.74) is 0. The van der Waals surface area contributed by atoms with Gasteiger partial charge in [-0.25, -0.2) is 9.98 Å². The Morgan fingerprint density at radius 1 is 0.640 bits per heavy atom. The molecule has 9 heteroatoms. The number of para-hydroxylation sites is 2. The van der Waals surface area contributed by atoms with E-state index in [0.29, 0.717) is 0 Å². The summed E-state index contributed by atoms with van der Waals surface area (Å²) in [4.78, 5) is 28.9. The van der Waals surface area contributed by atoms with Gasteiger partial charge in [-0.2, -0.15) is 0 Å². The van der Waals surface area contributed by atoms with Gasteiger partial charge in [-0.1, -0.05) is 36.4 Å². The number of nitrogens with zero attached hydrogens (tertiary/aromatic N) is 2. The Balaban J connectivity index is 0.000000144. The van der Waals surface area contributed by atoms with Gasteiger partial charge in [-0.3, -0.25) is 9.59 Å². The quantitative estimate of drug-likeness (QED) is 0.515. The molecule has 0 aromatic heterocycles. The Hall–Kier alpha value is -3.10. The van der Waals surface area contributed by atoms with Crippen LogP contribution in [-0.4, -0.2) is 19.1 Å². The van der Waals surface area contributed by atoms with Crippen molar-refractivity contribution in [2.75, 3.05) is 0 Å². The second-order valence-corrected chi connectivity index (χ2v) is 4.80. The summed E-state index contributed by atoms with van der Waals surface area (Å²) in [5.74, 6) is -0.303. The fourth-order valence-electron chi connectivity index (χ4n) is 1.99. The van der Waals surface area contributed by atoms with Crippen LogP contribution in [0.4, 0.5) is 17.3 Å². The monoisotopic (exact) mass is 349 g/mol. The molecular formula is C16H10BF4N2O2-. The Kier molecular flexibility index (Phi) is 5.58. The molecule has 4 rings (SSSR count). The third-order valence-electron chi connectivity index (χ3n) is 2.89. The van der Waals surface area contributed by atoms with Crippen molar-refractivity contribution in [2.24, 2.45) is 9.98 Å². The number of benzene rings is 2. The second kappa shape index (κ2) is 7.65. The van der Waals surface area contributed by atoms with Gasteiger partial charge in [0.2, 0.25) is 0 Å². The van der Waals surface area contributed by atoms with Crippen LogP contribution in [0.5, 0.6) is 0 Å². The maximum absolute atomic E-state index is 10.7. The number of rotatable bonds is 0. The number of carbonyl (C=O) groups excluding carboxylic acids is 2. The molecule has 0 unspecified atom stereocenters. The van der Waals surface area contributed by atoms with Crippen molar-refractivity contribution >= 4 is 31.2 Å². The van der Waals surface area contributed by atoms with E-state index in [0.717, 1.165) is 21.2 Å². The normalized spacial score (nSPS) is 13.4. The van der Waals surface area contributed by atoms with Gasteiger partial charge in [0.1, 0.15) is 0 Å². The van der Waals surface area contributed by atoms with Crippen LogP contribution in [0.15, 0.2) is 58.5 Å². The summed E-state index contributed by atoms with van der Waals surface area (Å²) in [6.45, 7) is 0. The zero-order valence-corrected chi connectivity index (χ0v) is 12.6. The van der Waals surface area contributed by atoms with Gasteiger partial charge < -0.3 is 17.3 Å². The van der Waals surface area contributed by atoms with E-state index in [-0.39, 0.29) is 11.8 Å². The number of hydrogen-bond donors (Lipinski definition) is 0. The second-order valence-electron chi connectivity index (χ2n) is 4.80. The summed E-state index contributed by atoms with van der Waals surface area (Å²) in [6.07, 6.45) is 3.07. The largest absolute Gasteiger partial charge is 0.673 e. The van der Waals surface area contributed by atoms with Crippen molar-refractivity contribution in [3.05, 3.63) is 69.7 Å². The van der Waals surface area contributed by atoms with Crippen molar-refractivity contribution in [3.63, 3.8) is 0 Å². The predicted octanol–water partition coefficient (Wildman–Crippen LogP) is 0.554. The van der Waals surface area contributed by atoms with Crippen molar-refractivity contribution in [3.8, 4) is 0 Å². The van der Waals surface area contributed by atoms with E-state index in [2.05, 4.69) is 9.98 Å². The lowest BCUT2D eigenvalue weighted by Crippen LogP contribution is -2.19. The van der Waals surface area contributed by atoms with E-state index < -0.39 is 7.25 Å². The van der Waals surface area contributed by atoms with Gasteiger partial charge in [0.25, 0.3) is 11.8 Å². The van der Waals surface area contributed by atoms with Gasteiger partial charge in [-0.15, -0.1) is 0 Å². The van der Waals surface area contributed by atoms with Crippen LogP contribution in [0.3, 0.4) is 0 Å². The van der Waals surface area contributed by atoms with E-state index in [9.17, 15) is 26.9 Å². The van der Waals surface area contributed by atoms with Crippen LogP contribution in [0.2, 0.25) is 0 Å². The Morgan fingerprint density at radius 3 is 1.28 bits per heavy atom. The number of amides is 2. The minimum atomic E-state index is -6.00. The number of halogens is 4. The molecule has 2 aromatic carbocycles. The van der Waals surface area contributed by atoms with Crippen molar-refractivity contribution in [1.29, 1.82) is 0 Å². The molecule has 128 valence electrons. The molecule has 4 nitrogen and oxygen atoms in total. The van der Waals surface area contributed by atoms with Crippen molar-refractivity contribution in [2.45, 2.75) is 0 Å². The summed E-state index contributed by atoms with van der Waals surface area (Å²) >= 11 is 0. The molecule has 0 radical (unpaired) electrons. The lowest BCUT2D eigenvalue weighted by Gasteiger charge is -1.94. The first-order valence-corrected chi connectivity index (χ1v) is 6.98. The fourth-order valence-corrected chi connectivity index (χ4v) is 1.99. The van der Waals surface area contributed by atoms with Crippen LogP contribution in [-0.2, 0) is 9.59 Å². The highest BCUT2D eigenvalue weighted by molar-refractivity contribution is 6.50. The average molecular weight is 349 g/mol. The molecule has 0 saturated carbocycles. The van der Waals surface area contributed by atoms with Crippen LogP contribution in [0.1, 0.15) is 0 Å². The maximum atomic E-state index is 10.7. The van der Waals surface area contributed by atoms with E-state index in [1.807, 2.05) is 48.5 Å². The number of hydrogen-bond acceptors (Lipinski definition) is 2. The Morgan fingerprint density at radius 2 is 0.960 bits per heavy atom. The number of fused-ring (bicyclic) bond motifs is 2. The fraction of sp³-hybridized carbons (Fsp3) is 0. The first-order chi connectivity index (χ1) is 11.7. The zero-order chi connectivity index (χ0) is 18.4. The lowest BCUT2D eigenvalue weighted by atomic mass is 10.3. The minimum absolute atomic E-state index is 0.152. The summed E-state index contributed by atoms with van der Waals surface area (Å²) < 4.78 is 39.0. The first kappa shape index (κ1) is 18.2. The van der Waals surface area contributed by atoms with Crippen LogP contribution < -0.4 is 21.2 Å². The van der Waals surface area contributed by atoms with Crippen molar-refractivity contribution in [1.82, 2.24) is 0 Å². The maximum Gasteiger partial charge on any atom is 0.673 e. The zero-order valence-electron chi connectivity index (χ0n) is 12.6. The average Bonchev–Trinajstić information content (AvgIpc) is 3.06. The van der Waals surface area contributed by atoms with Gasteiger partial charge in [0.05, 0.1) is 10.7 Å². The third-order valence-corrected chi connectivity index (χ3v) is 2.89. The molecule has 25 heavy (non-hydrogen) atoms. The first-order valence-electron chi connectivity index (χ1n) is 6.98. The van der Waals surface area contributed by atoms with Crippen molar-refractivity contribution < 1.29 is 26.9 Å². The molecule has 2 amide bonds. The Labute approximate surface area is 138 Å². The molecular weight excluding hydrogens is 339 g/mol. The van der Waals surface area contributed by atoms with E-state index >= 15 is 0 Å². The molecule has 0 saturated heterocycles. The van der Waals surface area contributed by atoms with Gasteiger partial charge in [-0.05, 0) is 12.1 Å². The summed E-state index contributed by atoms with van der Waals surface area (Å²) in [7, 11) is -6.00. The van der Waals surface area contributed by atoms with Gasteiger partial charge in [0.15, 0.2) is 0 Å². The topological polar surface area (TPSA) is 58.9 Å². The van der Waals surface area contributed by atoms with Gasteiger partial charge in [0, 0.05) is 22.6 Å². The molecule has 0 N–H and O–H groups in total. The van der Waals surface area contributed by atoms with Crippen LogP contribution in [0.25, 0.3) is 12.2 Å². The minimum Gasteiger partial charge on any atom is -0.418 e. The molecule has 2 aliphatic rings. The molecule has 2 heterocycles. The van der Waals surface area contributed by atoms with E-state index in [1.54, 1.807) is 0 Å². The highest BCUT2D eigenvalue weighted by Gasteiger charge is 2.20. The molecule has 0 fully saturated rings. The van der Waals surface area contributed by atoms with E-state index in [4.69, 9.17) is 0 Å². The van der Waals surface area contributed by atoms with E-state index in [1.165, 1.54) is 12.2 Å². The smallest absolute Gasteiger partial charge is 0.418 e. The lowest BCUT2D eigenvalue weighted by molar-refractivity contribution is -0.113. The summed E-state index contributed by atoms with van der Waals surface area (Å²) in [5, 5.41) is 3.42. The molecule has 0 spiro atoms. The van der Waals surface area contributed by atoms with Crippen LogP contribution in [0, 0.1) is 0 Å². The molecule has 2 aliphatic heterocycles. The molecule has 0 bridgehead atoms. The molecule has 0 aliphatic carbocycles. The predicted molar refractivity (Wildman–Crippen MR) is 83.6 cm³/mol. The highest BCUT2D eigenvalue weighted by atomic mass is 19.5. The molecule has 0 atom stereocenters. The van der Waals surface area contributed by atoms with Crippen LogP contribution >= 0.6 is 0 Å². The highest BCUT2D eigenvalue weighted by Crippen LogP contribution is 2.06. The SMILES string of the molecule is F[B-](F)(F)F.O=C1C=c2ccccc2=N1.O=C1C=c2ccccc2=N1. The standard InChI is InChI=1S/2C8H5NO.BF4/c2*10-8-5-6-3-1-2-4-7(6)9-8;2-1(3,4)5/h2*1-5H;/q;;-1. The number of carbonyl (C=O) groups is 2. The van der Waals surface area contributed by atoms with Gasteiger partial charge >= 0.3 is 7.25 Å². The molecule has 2 aromatic rings.